The normalized spacial score (nSPS) is 12.0. The second-order valence-corrected chi connectivity index (χ2v) is 4.92. The van der Waals surface area contributed by atoms with Gasteiger partial charge in [-0.25, -0.2) is 0 Å². The molecule has 4 nitrogen and oxygen atoms in total. The van der Waals surface area contributed by atoms with E-state index in [1.807, 2.05) is 26.0 Å². The summed E-state index contributed by atoms with van der Waals surface area (Å²) in [5.41, 5.74) is 6.77. The number of carbonyl (C=O) groups excluding carboxylic acids is 1. The van der Waals surface area contributed by atoms with Crippen LogP contribution in [0.15, 0.2) is 18.2 Å². The van der Waals surface area contributed by atoms with Gasteiger partial charge in [-0.2, -0.15) is 0 Å². The number of halogens is 1. The van der Waals surface area contributed by atoms with Crippen molar-refractivity contribution >= 4 is 17.5 Å². The van der Waals surface area contributed by atoms with Gasteiger partial charge < -0.3 is 15.8 Å². The molecule has 19 heavy (non-hydrogen) atoms. The van der Waals surface area contributed by atoms with Crippen LogP contribution in [0.25, 0.3) is 0 Å². The predicted octanol–water partition coefficient (Wildman–Crippen LogP) is 2.13. The maximum atomic E-state index is 11.3. The molecule has 0 aliphatic heterocycles. The van der Waals surface area contributed by atoms with E-state index in [1.165, 1.54) is 0 Å². The van der Waals surface area contributed by atoms with Crippen LogP contribution < -0.4 is 15.8 Å². The predicted molar refractivity (Wildman–Crippen MR) is 77.6 cm³/mol. The number of hydrogen-bond acceptors (Lipinski definition) is 3. The van der Waals surface area contributed by atoms with Crippen molar-refractivity contribution in [3.63, 3.8) is 0 Å². The van der Waals surface area contributed by atoms with E-state index in [9.17, 15) is 4.79 Å². The fourth-order valence-electron chi connectivity index (χ4n) is 1.73. The highest BCUT2D eigenvalue weighted by Gasteiger charge is 2.08. The summed E-state index contributed by atoms with van der Waals surface area (Å²) in [7, 11) is 0. The third-order valence-corrected chi connectivity index (χ3v) is 2.76. The number of nitrogens with one attached hydrogen (secondary N) is 1. The van der Waals surface area contributed by atoms with E-state index in [0.29, 0.717) is 31.0 Å². The first-order valence-corrected chi connectivity index (χ1v) is 6.84. The van der Waals surface area contributed by atoms with Gasteiger partial charge in [-0.1, -0.05) is 11.6 Å². The average molecular weight is 285 g/mol. The molecule has 0 radical (unpaired) electrons. The number of nitrogens with two attached hydrogens (primary N) is 1. The molecule has 1 aromatic rings. The van der Waals surface area contributed by atoms with Crippen LogP contribution in [-0.4, -0.2) is 25.1 Å². The van der Waals surface area contributed by atoms with E-state index in [0.717, 1.165) is 11.3 Å². The summed E-state index contributed by atoms with van der Waals surface area (Å²) in [5.74, 6) is 0.733. The van der Waals surface area contributed by atoms with E-state index in [-0.39, 0.29) is 11.9 Å². The molecular formula is C14H21ClN2O2. The molecule has 1 rings (SSSR count). The van der Waals surface area contributed by atoms with Crippen LogP contribution in [0, 0.1) is 0 Å². The average Bonchev–Trinajstić information content (AvgIpc) is 2.31. The standard InChI is InChI=1S/C14H21ClN2O2/c1-3-17-14(18)6-7-19-13-5-4-12(15)9-11(13)8-10(2)16/h4-5,9-10H,3,6-8,16H2,1-2H3,(H,17,18). The molecule has 3 N–H and O–H groups in total. The molecule has 0 aliphatic rings. The van der Waals surface area contributed by atoms with Crippen LogP contribution in [-0.2, 0) is 11.2 Å². The highest BCUT2D eigenvalue weighted by molar-refractivity contribution is 6.30. The Balaban J connectivity index is 2.59. The Bertz CT molecular complexity index is 422. The number of carbonyl (C=O) groups is 1. The minimum absolute atomic E-state index is 0.00907. The Morgan fingerprint density at radius 2 is 2.26 bits per heavy atom. The SMILES string of the molecule is CCNC(=O)CCOc1ccc(Cl)cc1CC(C)N. The van der Waals surface area contributed by atoms with Crippen LogP contribution in [0.2, 0.25) is 5.02 Å². The molecule has 1 atom stereocenters. The summed E-state index contributed by atoms with van der Waals surface area (Å²) in [6.07, 6.45) is 1.03. The zero-order chi connectivity index (χ0) is 14.3. The summed E-state index contributed by atoms with van der Waals surface area (Å²) in [6.45, 7) is 4.80. The molecule has 0 aromatic heterocycles. The van der Waals surface area contributed by atoms with E-state index >= 15 is 0 Å². The highest BCUT2D eigenvalue weighted by atomic mass is 35.5. The number of rotatable bonds is 7. The zero-order valence-corrected chi connectivity index (χ0v) is 12.2. The van der Waals surface area contributed by atoms with Gasteiger partial charge >= 0.3 is 0 Å². The number of hydrogen-bond donors (Lipinski definition) is 2. The lowest BCUT2D eigenvalue weighted by molar-refractivity contribution is -0.121. The monoisotopic (exact) mass is 284 g/mol. The fraction of sp³-hybridized carbons (Fsp3) is 0.500. The lowest BCUT2D eigenvalue weighted by Crippen LogP contribution is -2.24. The second-order valence-electron chi connectivity index (χ2n) is 4.49. The van der Waals surface area contributed by atoms with Gasteiger partial charge in [-0.05, 0) is 44.0 Å². The Hall–Kier alpha value is -1.26. The van der Waals surface area contributed by atoms with E-state index in [1.54, 1.807) is 6.07 Å². The van der Waals surface area contributed by atoms with Gasteiger partial charge in [0.25, 0.3) is 0 Å². The zero-order valence-electron chi connectivity index (χ0n) is 11.4. The molecular weight excluding hydrogens is 264 g/mol. The van der Waals surface area contributed by atoms with Crippen molar-refractivity contribution in [3.05, 3.63) is 28.8 Å². The lowest BCUT2D eigenvalue weighted by Gasteiger charge is -2.13. The van der Waals surface area contributed by atoms with Crippen molar-refractivity contribution in [1.29, 1.82) is 0 Å². The van der Waals surface area contributed by atoms with Crippen molar-refractivity contribution in [2.45, 2.75) is 32.7 Å². The smallest absolute Gasteiger partial charge is 0.223 e. The van der Waals surface area contributed by atoms with Crippen molar-refractivity contribution in [1.82, 2.24) is 5.32 Å². The summed E-state index contributed by atoms with van der Waals surface area (Å²) in [6, 6.07) is 5.47. The van der Waals surface area contributed by atoms with Gasteiger partial charge in [-0.15, -0.1) is 0 Å². The molecule has 106 valence electrons. The molecule has 1 amide bonds. The van der Waals surface area contributed by atoms with Gasteiger partial charge in [0.05, 0.1) is 13.0 Å². The molecule has 0 saturated heterocycles. The summed E-state index contributed by atoms with van der Waals surface area (Å²) in [5, 5.41) is 3.39. The van der Waals surface area contributed by atoms with E-state index < -0.39 is 0 Å². The van der Waals surface area contributed by atoms with Gasteiger partial charge in [0, 0.05) is 17.6 Å². The Morgan fingerprint density at radius 1 is 1.53 bits per heavy atom. The largest absolute Gasteiger partial charge is 0.493 e. The van der Waals surface area contributed by atoms with Crippen molar-refractivity contribution in [3.8, 4) is 5.75 Å². The third-order valence-electron chi connectivity index (χ3n) is 2.53. The van der Waals surface area contributed by atoms with Crippen molar-refractivity contribution < 1.29 is 9.53 Å². The van der Waals surface area contributed by atoms with E-state index in [2.05, 4.69) is 5.32 Å². The maximum absolute atomic E-state index is 11.3. The van der Waals surface area contributed by atoms with Gasteiger partial charge in [0.15, 0.2) is 0 Å². The molecule has 0 saturated carbocycles. The molecule has 0 fully saturated rings. The lowest BCUT2D eigenvalue weighted by atomic mass is 10.1. The van der Waals surface area contributed by atoms with Crippen LogP contribution in [0.4, 0.5) is 0 Å². The van der Waals surface area contributed by atoms with Crippen LogP contribution >= 0.6 is 11.6 Å². The summed E-state index contributed by atoms with van der Waals surface area (Å²) < 4.78 is 5.63. The van der Waals surface area contributed by atoms with Crippen LogP contribution in [0.5, 0.6) is 5.75 Å². The van der Waals surface area contributed by atoms with Crippen molar-refractivity contribution in [2.75, 3.05) is 13.2 Å². The number of benzene rings is 1. The first-order chi connectivity index (χ1) is 9.02. The fourth-order valence-corrected chi connectivity index (χ4v) is 1.93. The maximum Gasteiger partial charge on any atom is 0.223 e. The van der Waals surface area contributed by atoms with Crippen molar-refractivity contribution in [2.24, 2.45) is 5.73 Å². The quantitative estimate of drug-likeness (QED) is 0.806. The first kappa shape index (κ1) is 15.8. The van der Waals surface area contributed by atoms with Gasteiger partial charge in [0.1, 0.15) is 5.75 Å². The van der Waals surface area contributed by atoms with Crippen LogP contribution in [0.1, 0.15) is 25.8 Å². The topological polar surface area (TPSA) is 64.3 Å². The third kappa shape index (κ3) is 5.94. The number of amides is 1. The first-order valence-electron chi connectivity index (χ1n) is 6.46. The minimum Gasteiger partial charge on any atom is -0.493 e. The summed E-state index contributed by atoms with van der Waals surface area (Å²) in [4.78, 5) is 11.3. The highest BCUT2D eigenvalue weighted by Crippen LogP contribution is 2.24. The Morgan fingerprint density at radius 3 is 2.89 bits per heavy atom. The van der Waals surface area contributed by atoms with Crippen LogP contribution in [0.3, 0.4) is 0 Å². The second kappa shape index (κ2) is 8.02. The Labute approximate surface area is 119 Å². The molecule has 0 aliphatic carbocycles. The minimum atomic E-state index is -0.00907. The van der Waals surface area contributed by atoms with Gasteiger partial charge in [0.2, 0.25) is 5.91 Å². The summed E-state index contributed by atoms with van der Waals surface area (Å²) >= 11 is 5.97. The number of ether oxygens (including phenoxy) is 1. The molecule has 0 bridgehead atoms. The molecule has 1 unspecified atom stereocenters. The molecule has 0 heterocycles. The molecule has 5 heteroatoms. The molecule has 1 aromatic carbocycles. The van der Waals surface area contributed by atoms with Gasteiger partial charge in [-0.3, -0.25) is 4.79 Å². The Kier molecular flexibility index (Phi) is 6.67. The van der Waals surface area contributed by atoms with E-state index in [4.69, 9.17) is 22.1 Å². The molecule has 0 spiro atoms.